The highest BCUT2D eigenvalue weighted by atomic mass is 35.5. The van der Waals surface area contributed by atoms with Gasteiger partial charge in [-0.3, -0.25) is 0 Å². The van der Waals surface area contributed by atoms with Gasteiger partial charge in [-0.05, 0) is 24.6 Å². The summed E-state index contributed by atoms with van der Waals surface area (Å²) >= 11 is 7.70. The van der Waals surface area contributed by atoms with Crippen molar-refractivity contribution in [2.45, 2.75) is 12.8 Å². The first-order valence-electron chi connectivity index (χ1n) is 10.1. The van der Waals surface area contributed by atoms with Crippen molar-refractivity contribution in [3.8, 4) is 17.6 Å². The summed E-state index contributed by atoms with van der Waals surface area (Å²) in [5.41, 5.74) is 9.22. The lowest BCUT2D eigenvalue weighted by molar-refractivity contribution is 0.0740. The molecule has 2 N–H and O–H groups in total. The maximum Gasteiger partial charge on any atom is 0.355 e. The van der Waals surface area contributed by atoms with E-state index in [1.165, 1.54) is 11.3 Å². The molecule has 1 aliphatic rings. The van der Waals surface area contributed by atoms with Crippen LogP contribution in [0.25, 0.3) is 10.1 Å². The molecule has 162 valence electrons. The van der Waals surface area contributed by atoms with Crippen LogP contribution in [0.5, 0.6) is 11.5 Å². The van der Waals surface area contributed by atoms with E-state index < -0.39 is 5.97 Å². The number of nitrogens with zero attached hydrogens (tertiary/aromatic N) is 1. The maximum absolute atomic E-state index is 12.8. The summed E-state index contributed by atoms with van der Waals surface area (Å²) in [6.07, 6.45) is 0. The Bertz CT molecular complexity index is 1480. The molecule has 0 saturated heterocycles. The van der Waals surface area contributed by atoms with Crippen LogP contribution in [0.15, 0.2) is 78.2 Å². The molecular weight excluding hydrogens is 456 g/mol. The normalized spacial score (nSPS) is 15.0. The maximum atomic E-state index is 12.8. The Morgan fingerprint density at radius 1 is 1.15 bits per heavy atom. The Morgan fingerprint density at radius 3 is 2.64 bits per heavy atom. The monoisotopic (exact) mass is 472 g/mol. The zero-order valence-corrected chi connectivity index (χ0v) is 19.0. The summed E-state index contributed by atoms with van der Waals surface area (Å²) in [6.45, 7) is 2.00. The van der Waals surface area contributed by atoms with Crippen molar-refractivity contribution >= 4 is 39.0 Å². The van der Waals surface area contributed by atoms with E-state index in [1.807, 2.05) is 55.5 Å². The van der Waals surface area contributed by atoms with Gasteiger partial charge in [-0.25, -0.2) is 4.79 Å². The van der Waals surface area contributed by atoms with Crippen LogP contribution in [0.2, 0.25) is 5.02 Å². The van der Waals surface area contributed by atoms with Gasteiger partial charge in [-0.2, -0.15) is 5.26 Å². The molecule has 1 aromatic heterocycles. The lowest BCUT2D eigenvalue weighted by Gasteiger charge is -2.26. The molecule has 3 aromatic carbocycles. The van der Waals surface area contributed by atoms with Gasteiger partial charge in [0.1, 0.15) is 28.0 Å². The summed E-state index contributed by atoms with van der Waals surface area (Å²) in [5, 5.41) is 10.9. The standard InChI is InChI=1S/C26H17ClN2O3S/c1-14-6-8-15(9-7-14)22-17-11-10-16(12-20(17)32-25(29)19(22)13-28)31-26(30)24-23(27)18-4-2-3-5-21(18)33-24/h2-12,22H,29H2,1H3. The molecule has 7 heteroatoms. The van der Waals surface area contributed by atoms with E-state index in [-0.39, 0.29) is 11.8 Å². The molecule has 1 atom stereocenters. The predicted octanol–water partition coefficient (Wildman–Crippen LogP) is 6.30. The van der Waals surface area contributed by atoms with E-state index in [0.29, 0.717) is 27.0 Å². The number of benzene rings is 3. The number of aryl methyl sites for hydroxylation is 1. The summed E-state index contributed by atoms with van der Waals surface area (Å²) in [5.74, 6) is -0.158. The fraction of sp³-hybridized carbons (Fsp3) is 0.0769. The molecule has 4 aromatic rings. The van der Waals surface area contributed by atoms with Crippen LogP contribution >= 0.6 is 22.9 Å². The van der Waals surface area contributed by atoms with Crippen LogP contribution in [0.4, 0.5) is 0 Å². The van der Waals surface area contributed by atoms with Crippen molar-refractivity contribution in [1.29, 1.82) is 5.26 Å². The van der Waals surface area contributed by atoms with Gasteiger partial charge in [-0.15, -0.1) is 11.3 Å². The Kier molecular flexibility index (Phi) is 5.29. The average Bonchev–Trinajstić information content (AvgIpc) is 3.15. The number of carbonyl (C=O) groups is 1. The minimum atomic E-state index is -0.548. The molecule has 0 amide bonds. The number of ether oxygens (including phenoxy) is 2. The second-order valence-electron chi connectivity index (χ2n) is 7.67. The summed E-state index contributed by atoms with van der Waals surface area (Å²) in [7, 11) is 0. The molecule has 0 aliphatic carbocycles. The number of nitriles is 1. The quantitative estimate of drug-likeness (QED) is 0.279. The Balaban J connectivity index is 1.49. The van der Waals surface area contributed by atoms with Crippen molar-refractivity contribution in [2.24, 2.45) is 5.73 Å². The van der Waals surface area contributed by atoms with Crippen molar-refractivity contribution in [2.75, 3.05) is 0 Å². The molecular formula is C26H17ClN2O3S. The summed E-state index contributed by atoms with van der Waals surface area (Å²) in [4.78, 5) is 13.2. The molecule has 5 rings (SSSR count). The first-order chi connectivity index (χ1) is 16.0. The molecule has 1 unspecified atom stereocenters. The van der Waals surface area contributed by atoms with Gasteiger partial charge in [0.25, 0.3) is 0 Å². The Hall–Kier alpha value is -3.79. The molecule has 33 heavy (non-hydrogen) atoms. The van der Waals surface area contributed by atoms with Gasteiger partial charge in [0.05, 0.1) is 10.9 Å². The minimum absolute atomic E-state index is 0.0339. The third-order valence-corrected chi connectivity index (χ3v) is 7.19. The number of esters is 1. The zero-order chi connectivity index (χ0) is 23.1. The third kappa shape index (κ3) is 3.72. The molecule has 1 aliphatic heterocycles. The lowest BCUT2D eigenvalue weighted by Crippen LogP contribution is -2.21. The van der Waals surface area contributed by atoms with Crippen molar-refractivity contribution in [3.05, 3.63) is 105 Å². The average molecular weight is 473 g/mol. The summed E-state index contributed by atoms with van der Waals surface area (Å²) < 4.78 is 12.2. The highest BCUT2D eigenvalue weighted by Gasteiger charge is 2.31. The number of rotatable bonds is 3. The minimum Gasteiger partial charge on any atom is -0.440 e. The third-order valence-electron chi connectivity index (χ3n) is 5.53. The number of carbonyl (C=O) groups excluding carboxylic acids is 1. The number of nitrogens with two attached hydrogens (primary N) is 1. The van der Waals surface area contributed by atoms with Gasteiger partial charge >= 0.3 is 5.97 Å². The van der Waals surface area contributed by atoms with Crippen molar-refractivity contribution < 1.29 is 14.3 Å². The molecule has 0 fully saturated rings. The SMILES string of the molecule is Cc1ccc(C2C(C#N)=C(N)Oc3cc(OC(=O)c4sc5ccccc5c4Cl)ccc32)cc1. The van der Waals surface area contributed by atoms with E-state index in [0.717, 1.165) is 26.8 Å². The number of hydrogen-bond acceptors (Lipinski definition) is 6. The van der Waals surface area contributed by atoms with Gasteiger partial charge in [0, 0.05) is 21.7 Å². The van der Waals surface area contributed by atoms with Crippen LogP contribution in [-0.2, 0) is 0 Å². The molecule has 0 bridgehead atoms. The van der Waals surface area contributed by atoms with Crippen LogP contribution < -0.4 is 15.2 Å². The van der Waals surface area contributed by atoms with E-state index in [2.05, 4.69) is 6.07 Å². The number of fused-ring (bicyclic) bond motifs is 2. The van der Waals surface area contributed by atoms with Crippen molar-refractivity contribution in [1.82, 2.24) is 0 Å². The van der Waals surface area contributed by atoms with Crippen molar-refractivity contribution in [3.63, 3.8) is 0 Å². The zero-order valence-electron chi connectivity index (χ0n) is 17.5. The van der Waals surface area contributed by atoms with Gasteiger partial charge < -0.3 is 15.2 Å². The second-order valence-corrected chi connectivity index (χ2v) is 9.10. The van der Waals surface area contributed by atoms with Crippen LogP contribution in [0, 0.1) is 18.3 Å². The number of hydrogen-bond donors (Lipinski definition) is 1. The molecule has 2 heterocycles. The molecule has 5 nitrogen and oxygen atoms in total. The largest absolute Gasteiger partial charge is 0.440 e. The van der Waals surface area contributed by atoms with Gasteiger partial charge in [-0.1, -0.05) is 65.7 Å². The second kappa shape index (κ2) is 8.28. The van der Waals surface area contributed by atoms with Crippen LogP contribution in [0.3, 0.4) is 0 Å². The van der Waals surface area contributed by atoms with Crippen LogP contribution in [0.1, 0.15) is 32.3 Å². The van der Waals surface area contributed by atoms with E-state index in [9.17, 15) is 10.1 Å². The summed E-state index contributed by atoms with van der Waals surface area (Å²) in [6, 6.07) is 22.7. The van der Waals surface area contributed by atoms with E-state index in [4.69, 9.17) is 26.8 Å². The number of allylic oxidation sites excluding steroid dienone is 1. The number of thiophene rings is 1. The van der Waals surface area contributed by atoms with Gasteiger partial charge in [0.15, 0.2) is 0 Å². The predicted molar refractivity (Wildman–Crippen MR) is 129 cm³/mol. The smallest absolute Gasteiger partial charge is 0.355 e. The van der Waals surface area contributed by atoms with E-state index in [1.54, 1.807) is 18.2 Å². The van der Waals surface area contributed by atoms with Gasteiger partial charge in [0.2, 0.25) is 5.88 Å². The molecule has 0 radical (unpaired) electrons. The van der Waals surface area contributed by atoms with Crippen LogP contribution in [-0.4, -0.2) is 5.97 Å². The molecule has 0 saturated carbocycles. The molecule has 0 spiro atoms. The highest BCUT2D eigenvalue weighted by molar-refractivity contribution is 7.21. The fourth-order valence-corrected chi connectivity index (χ4v) is 5.28. The topological polar surface area (TPSA) is 85.3 Å². The first-order valence-corrected chi connectivity index (χ1v) is 11.3. The highest BCUT2D eigenvalue weighted by Crippen LogP contribution is 2.44. The Morgan fingerprint density at radius 2 is 1.91 bits per heavy atom. The Labute approximate surface area is 199 Å². The fourth-order valence-electron chi connectivity index (χ4n) is 3.90. The number of halogens is 1. The first kappa shape index (κ1) is 21.1. The van der Waals surface area contributed by atoms with E-state index >= 15 is 0 Å². The lowest BCUT2D eigenvalue weighted by atomic mass is 9.83.